The van der Waals surface area contributed by atoms with E-state index >= 15 is 0 Å². The molecular weight excluding hydrogens is 338 g/mol. The summed E-state index contributed by atoms with van der Waals surface area (Å²) in [5.41, 5.74) is 0. The van der Waals surface area contributed by atoms with E-state index in [2.05, 4.69) is 12.2 Å². The Kier molecular flexibility index (Phi) is 14.0. The van der Waals surface area contributed by atoms with Gasteiger partial charge in [0.2, 0.25) is 5.91 Å². The summed E-state index contributed by atoms with van der Waals surface area (Å²) in [6.07, 6.45) is 13.5. The first-order valence-electron chi connectivity index (χ1n) is 10.7. The highest BCUT2D eigenvalue weighted by Gasteiger charge is 2.04. The van der Waals surface area contributed by atoms with Crippen molar-refractivity contribution >= 4 is 11.9 Å². The highest BCUT2D eigenvalue weighted by molar-refractivity contribution is 5.75. The first kappa shape index (κ1) is 23.2. The van der Waals surface area contributed by atoms with Gasteiger partial charge in [0, 0.05) is 19.4 Å². The van der Waals surface area contributed by atoms with Crippen molar-refractivity contribution in [3.05, 3.63) is 30.3 Å². The predicted octanol–water partition coefficient (Wildman–Crippen LogP) is 5.80. The monoisotopic (exact) mass is 375 g/mol. The third-order valence-electron chi connectivity index (χ3n) is 4.61. The van der Waals surface area contributed by atoms with Crippen LogP contribution in [0.1, 0.15) is 90.4 Å². The molecule has 1 aromatic rings. The maximum absolute atomic E-state index is 11.7. The average molecular weight is 376 g/mol. The highest BCUT2D eigenvalue weighted by Crippen LogP contribution is 2.12. The third kappa shape index (κ3) is 14.0. The fourth-order valence-corrected chi connectivity index (χ4v) is 2.98. The molecule has 0 saturated carbocycles. The Morgan fingerprint density at radius 1 is 0.778 bits per heavy atom. The SMILES string of the molecule is CCCCCCCC(=O)NCCCCCCCCC(=O)Oc1ccccc1. The van der Waals surface area contributed by atoms with Gasteiger partial charge in [0.15, 0.2) is 0 Å². The van der Waals surface area contributed by atoms with E-state index in [0.717, 1.165) is 51.5 Å². The normalized spacial score (nSPS) is 10.6. The van der Waals surface area contributed by atoms with E-state index in [-0.39, 0.29) is 11.9 Å². The maximum Gasteiger partial charge on any atom is 0.311 e. The fraction of sp³-hybridized carbons (Fsp3) is 0.652. The minimum absolute atomic E-state index is 0.154. The predicted molar refractivity (Wildman–Crippen MR) is 111 cm³/mol. The highest BCUT2D eigenvalue weighted by atomic mass is 16.5. The van der Waals surface area contributed by atoms with Gasteiger partial charge in [-0.25, -0.2) is 0 Å². The van der Waals surface area contributed by atoms with Gasteiger partial charge in [-0.3, -0.25) is 9.59 Å². The zero-order chi connectivity index (χ0) is 19.6. The van der Waals surface area contributed by atoms with Crippen LogP contribution in [0.3, 0.4) is 0 Å². The van der Waals surface area contributed by atoms with E-state index in [1.807, 2.05) is 18.2 Å². The number of esters is 1. The second-order valence-electron chi connectivity index (χ2n) is 7.17. The molecule has 0 heterocycles. The molecule has 4 heteroatoms. The van der Waals surface area contributed by atoms with Crippen LogP contribution in [0.5, 0.6) is 5.75 Å². The van der Waals surface area contributed by atoms with E-state index < -0.39 is 0 Å². The lowest BCUT2D eigenvalue weighted by atomic mass is 10.1. The first-order chi connectivity index (χ1) is 13.2. The molecule has 0 aromatic heterocycles. The second kappa shape index (κ2) is 16.3. The van der Waals surface area contributed by atoms with Crippen molar-refractivity contribution in [1.82, 2.24) is 5.32 Å². The minimum Gasteiger partial charge on any atom is -0.427 e. The first-order valence-corrected chi connectivity index (χ1v) is 10.7. The number of hydrogen-bond donors (Lipinski definition) is 1. The van der Waals surface area contributed by atoms with Gasteiger partial charge in [-0.1, -0.05) is 76.5 Å². The fourth-order valence-electron chi connectivity index (χ4n) is 2.98. The molecule has 0 spiro atoms. The number of para-hydroxylation sites is 1. The number of nitrogens with one attached hydrogen (secondary N) is 1. The smallest absolute Gasteiger partial charge is 0.311 e. The molecule has 0 aliphatic carbocycles. The third-order valence-corrected chi connectivity index (χ3v) is 4.61. The topological polar surface area (TPSA) is 55.4 Å². The number of unbranched alkanes of at least 4 members (excludes halogenated alkanes) is 9. The standard InChI is InChI=1S/C23H37NO3/c1-2-3-4-7-13-18-22(25)24-20-15-9-6-5-8-14-19-23(26)27-21-16-11-10-12-17-21/h10-12,16-17H,2-9,13-15,18-20H2,1H3,(H,24,25). The molecule has 0 atom stereocenters. The lowest BCUT2D eigenvalue weighted by molar-refractivity contribution is -0.134. The van der Waals surface area contributed by atoms with Gasteiger partial charge in [0.25, 0.3) is 0 Å². The Labute approximate surface area is 165 Å². The Morgan fingerprint density at radius 3 is 2.07 bits per heavy atom. The summed E-state index contributed by atoms with van der Waals surface area (Å²) in [5, 5.41) is 3.01. The number of carbonyl (C=O) groups excluding carboxylic acids is 2. The zero-order valence-electron chi connectivity index (χ0n) is 17.0. The molecule has 0 aliphatic rings. The summed E-state index contributed by atoms with van der Waals surface area (Å²) in [6.45, 7) is 2.99. The van der Waals surface area contributed by atoms with Crippen LogP contribution in [-0.4, -0.2) is 18.4 Å². The lowest BCUT2D eigenvalue weighted by Crippen LogP contribution is -2.23. The van der Waals surface area contributed by atoms with Gasteiger partial charge >= 0.3 is 5.97 Å². The summed E-state index contributed by atoms with van der Waals surface area (Å²) in [6, 6.07) is 9.21. The van der Waals surface area contributed by atoms with Crippen molar-refractivity contribution in [2.45, 2.75) is 90.4 Å². The van der Waals surface area contributed by atoms with Crippen LogP contribution >= 0.6 is 0 Å². The van der Waals surface area contributed by atoms with Crippen molar-refractivity contribution in [3.63, 3.8) is 0 Å². The van der Waals surface area contributed by atoms with E-state index in [1.54, 1.807) is 12.1 Å². The molecule has 0 radical (unpaired) electrons. The number of ether oxygens (including phenoxy) is 1. The number of rotatable bonds is 16. The van der Waals surface area contributed by atoms with Crippen LogP contribution in [-0.2, 0) is 9.59 Å². The molecule has 0 fully saturated rings. The van der Waals surface area contributed by atoms with Crippen LogP contribution in [0.2, 0.25) is 0 Å². The molecule has 0 saturated heterocycles. The lowest BCUT2D eigenvalue weighted by Gasteiger charge is -2.06. The van der Waals surface area contributed by atoms with Crippen molar-refractivity contribution in [1.29, 1.82) is 0 Å². The van der Waals surface area contributed by atoms with Gasteiger partial charge in [-0.2, -0.15) is 0 Å². The number of carbonyl (C=O) groups is 2. The second-order valence-corrected chi connectivity index (χ2v) is 7.17. The van der Waals surface area contributed by atoms with Gasteiger partial charge < -0.3 is 10.1 Å². The van der Waals surface area contributed by atoms with Crippen LogP contribution in [0.4, 0.5) is 0 Å². The molecule has 0 bridgehead atoms. The zero-order valence-corrected chi connectivity index (χ0v) is 17.0. The van der Waals surface area contributed by atoms with Crippen LogP contribution < -0.4 is 10.1 Å². The van der Waals surface area contributed by atoms with Gasteiger partial charge in [0.05, 0.1) is 0 Å². The molecule has 152 valence electrons. The number of hydrogen-bond acceptors (Lipinski definition) is 3. The van der Waals surface area contributed by atoms with Crippen LogP contribution in [0, 0.1) is 0 Å². The molecule has 1 aromatic carbocycles. The molecule has 0 aliphatic heterocycles. The van der Waals surface area contributed by atoms with Gasteiger partial charge in [0.1, 0.15) is 5.75 Å². The Morgan fingerprint density at radius 2 is 1.37 bits per heavy atom. The molecular formula is C23H37NO3. The Bertz CT molecular complexity index is 502. The van der Waals surface area contributed by atoms with Crippen molar-refractivity contribution in [3.8, 4) is 5.75 Å². The average Bonchev–Trinajstić information content (AvgIpc) is 2.67. The van der Waals surface area contributed by atoms with Crippen LogP contribution in [0.15, 0.2) is 30.3 Å². The van der Waals surface area contributed by atoms with E-state index in [1.165, 1.54) is 25.7 Å². The summed E-state index contributed by atoms with van der Waals surface area (Å²) >= 11 is 0. The van der Waals surface area contributed by atoms with E-state index in [0.29, 0.717) is 18.6 Å². The number of benzene rings is 1. The summed E-state index contributed by atoms with van der Waals surface area (Å²) in [5.74, 6) is 0.660. The summed E-state index contributed by atoms with van der Waals surface area (Å²) in [7, 11) is 0. The maximum atomic E-state index is 11.7. The Hall–Kier alpha value is -1.84. The van der Waals surface area contributed by atoms with Gasteiger partial charge in [-0.05, 0) is 31.4 Å². The Balaban J connectivity index is 1.84. The summed E-state index contributed by atoms with van der Waals surface area (Å²) < 4.78 is 5.26. The summed E-state index contributed by atoms with van der Waals surface area (Å²) in [4.78, 5) is 23.4. The van der Waals surface area contributed by atoms with Crippen molar-refractivity contribution < 1.29 is 14.3 Å². The van der Waals surface area contributed by atoms with E-state index in [4.69, 9.17) is 4.74 Å². The molecule has 4 nitrogen and oxygen atoms in total. The largest absolute Gasteiger partial charge is 0.427 e. The molecule has 1 N–H and O–H groups in total. The molecule has 1 amide bonds. The van der Waals surface area contributed by atoms with Crippen LogP contribution in [0.25, 0.3) is 0 Å². The molecule has 1 rings (SSSR count). The van der Waals surface area contributed by atoms with Gasteiger partial charge in [-0.15, -0.1) is 0 Å². The molecule has 0 unspecified atom stereocenters. The van der Waals surface area contributed by atoms with Crippen molar-refractivity contribution in [2.75, 3.05) is 6.54 Å². The van der Waals surface area contributed by atoms with Crippen molar-refractivity contribution in [2.24, 2.45) is 0 Å². The number of amides is 1. The molecule has 27 heavy (non-hydrogen) atoms. The minimum atomic E-state index is -0.154. The van der Waals surface area contributed by atoms with E-state index in [9.17, 15) is 9.59 Å². The quantitative estimate of drug-likeness (QED) is 0.226.